The maximum absolute atomic E-state index is 15.1. The van der Waals surface area contributed by atoms with Crippen molar-refractivity contribution in [1.29, 1.82) is 0 Å². The van der Waals surface area contributed by atoms with Gasteiger partial charge in [-0.05, 0) is 71.7 Å². The van der Waals surface area contributed by atoms with E-state index in [1.54, 1.807) is 42.5 Å². The second-order valence-corrected chi connectivity index (χ2v) is 8.07. The first-order chi connectivity index (χ1) is 16.0. The minimum absolute atomic E-state index is 0.350. The summed E-state index contributed by atoms with van der Waals surface area (Å²) in [4.78, 5) is 0. The normalized spacial score (nSPS) is 11.2. The third-order valence-electron chi connectivity index (χ3n) is 5.72. The van der Waals surface area contributed by atoms with Crippen LogP contribution in [0.4, 0.5) is 17.6 Å². The number of aryl methyl sites for hydroxylation is 2. The zero-order valence-corrected chi connectivity index (χ0v) is 18.3. The lowest BCUT2D eigenvalue weighted by Crippen LogP contribution is -1.98. The van der Waals surface area contributed by atoms with Crippen molar-refractivity contribution in [2.75, 3.05) is 6.61 Å². The maximum Gasteiger partial charge on any atom is 0.159 e. The van der Waals surface area contributed by atoms with Gasteiger partial charge in [0.2, 0.25) is 0 Å². The van der Waals surface area contributed by atoms with Crippen molar-refractivity contribution >= 4 is 10.8 Å². The molecule has 0 aliphatic carbocycles. The summed E-state index contributed by atoms with van der Waals surface area (Å²) in [5.74, 6) is -2.08. The van der Waals surface area contributed by atoms with Gasteiger partial charge in [-0.2, -0.15) is 0 Å². The summed E-state index contributed by atoms with van der Waals surface area (Å²) in [6.45, 7) is 2.61. The fraction of sp³-hybridized carbons (Fsp3) is 0.214. The molecule has 0 aliphatic rings. The predicted molar refractivity (Wildman–Crippen MR) is 123 cm³/mol. The van der Waals surface area contributed by atoms with E-state index < -0.39 is 17.5 Å². The standard InChI is InChI=1S/C28H24F4O/c1-2-3-14-33-22-10-12-23(26(30)17-22)20-9-11-24-21(16-20)8-7-19(28(24)32)6-4-18-5-13-25(29)27(31)15-18/h5,7-13,15-17H,2-4,6,14H2,1H3. The lowest BCUT2D eigenvalue weighted by atomic mass is 9.97. The summed E-state index contributed by atoms with van der Waals surface area (Å²) in [5, 5.41) is 1.09. The molecular weight excluding hydrogens is 428 g/mol. The number of hydrogen-bond donors (Lipinski definition) is 0. The molecule has 0 atom stereocenters. The largest absolute Gasteiger partial charge is 0.493 e. The van der Waals surface area contributed by atoms with E-state index in [1.807, 2.05) is 0 Å². The second-order valence-electron chi connectivity index (χ2n) is 8.07. The summed E-state index contributed by atoms with van der Waals surface area (Å²) in [6, 6.07) is 17.1. The van der Waals surface area contributed by atoms with Crippen molar-refractivity contribution < 1.29 is 22.3 Å². The average Bonchev–Trinajstić information content (AvgIpc) is 2.81. The van der Waals surface area contributed by atoms with E-state index in [0.717, 1.165) is 25.0 Å². The highest BCUT2D eigenvalue weighted by Gasteiger charge is 2.12. The third-order valence-corrected chi connectivity index (χ3v) is 5.72. The summed E-state index contributed by atoms with van der Waals surface area (Å²) < 4.78 is 61.9. The van der Waals surface area contributed by atoms with Crippen molar-refractivity contribution in [2.45, 2.75) is 32.6 Å². The van der Waals surface area contributed by atoms with Gasteiger partial charge in [-0.1, -0.05) is 43.7 Å². The molecule has 33 heavy (non-hydrogen) atoms. The monoisotopic (exact) mass is 452 g/mol. The van der Waals surface area contributed by atoms with Crippen LogP contribution in [0.1, 0.15) is 30.9 Å². The second kappa shape index (κ2) is 10.1. The molecule has 0 aliphatic heterocycles. The van der Waals surface area contributed by atoms with Gasteiger partial charge >= 0.3 is 0 Å². The van der Waals surface area contributed by atoms with Crippen LogP contribution in [0.5, 0.6) is 5.75 Å². The molecule has 0 saturated carbocycles. The molecule has 0 spiro atoms. The quantitative estimate of drug-likeness (QED) is 0.194. The predicted octanol–water partition coefficient (Wildman–Crippen LogP) is 8.03. The molecule has 5 heteroatoms. The van der Waals surface area contributed by atoms with E-state index in [-0.39, 0.29) is 5.82 Å². The van der Waals surface area contributed by atoms with Gasteiger partial charge in [0, 0.05) is 17.0 Å². The Morgan fingerprint density at radius 1 is 0.727 bits per heavy atom. The number of hydrogen-bond acceptors (Lipinski definition) is 1. The van der Waals surface area contributed by atoms with Crippen molar-refractivity contribution in [1.82, 2.24) is 0 Å². The molecule has 4 aromatic carbocycles. The first kappa shape index (κ1) is 22.8. The van der Waals surface area contributed by atoms with Crippen LogP contribution in [0.3, 0.4) is 0 Å². The Hall–Kier alpha value is -3.34. The third kappa shape index (κ3) is 5.19. The van der Waals surface area contributed by atoms with Gasteiger partial charge in [0.1, 0.15) is 17.4 Å². The Kier molecular flexibility index (Phi) is 6.97. The van der Waals surface area contributed by atoms with Gasteiger partial charge < -0.3 is 4.74 Å². The van der Waals surface area contributed by atoms with Gasteiger partial charge in [-0.25, -0.2) is 17.6 Å². The highest BCUT2D eigenvalue weighted by Crippen LogP contribution is 2.31. The lowest BCUT2D eigenvalue weighted by molar-refractivity contribution is 0.308. The molecule has 0 N–H and O–H groups in total. The number of fused-ring (bicyclic) bond motifs is 1. The number of rotatable bonds is 8. The molecule has 0 bridgehead atoms. The Labute approximate surface area is 190 Å². The number of halogens is 4. The molecule has 0 unspecified atom stereocenters. The summed E-state index contributed by atoms with van der Waals surface area (Å²) in [7, 11) is 0. The van der Waals surface area contributed by atoms with E-state index >= 15 is 4.39 Å². The first-order valence-corrected chi connectivity index (χ1v) is 11.0. The van der Waals surface area contributed by atoms with Gasteiger partial charge in [0.15, 0.2) is 11.6 Å². The maximum atomic E-state index is 15.1. The fourth-order valence-electron chi connectivity index (χ4n) is 3.83. The Morgan fingerprint density at radius 3 is 2.33 bits per heavy atom. The van der Waals surface area contributed by atoms with Crippen molar-refractivity contribution in [2.24, 2.45) is 0 Å². The molecule has 0 saturated heterocycles. The zero-order valence-electron chi connectivity index (χ0n) is 18.3. The van der Waals surface area contributed by atoms with Gasteiger partial charge in [0.25, 0.3) is 0 Å². The molecule has 4 rings (SSSR count). The molecule has 1 nitrogen and oxygen atoms in total. The molecule has 4 aromatic rings. The van der Waals surface area contributed by atoms with E-state index in [2.05, 4.69) is 6.92 Å². The van der Waals surface area contributed by atoms with Crippen molar-refractivity contribution in [3.05, 3.63) is 101 Å². The molecule has 170 valence electrons. The van der Waals surface area contributed by atoms with E-state index in [1.165, 1.54) is 12.1 Å². The van der Waals surface area contributed by atoms with Crippen LogP contribution < -0.4 is 4.74 Å². The van der Waals surface area contributed by atoms with E-state index in [9.17, 15) is 13.2 Å². The summed E-state index contributed by atoms with van der Waals surface area (Å²) in [5.41, 5.74) is 2.15. The minimum Gasteiger partial charge on any atom is -0.493 e. The van der Waals surface area contributed by atoms with Crippen LogP contribution in [-0.2, 0) is 12.8 Å². The first-order valence-electron chi connectivity index (χ1n) is 11.0. The highest BCUT2D eigenvalue weighted by atomic mass is 19.2. The highest BCUT2D eigenvalue weighted by molar-refractivity contribution is 5.88. The topological polar surface area (TPSA) is 9.23 Å². The fourth-order valence-corrected chi connectivity index (χ4v) is 3.83. The molecule has 0 heterocycles. The minimum atomic E-state index is -0.910. The number of unbranched alkanes of at least 4 members (excludes halogenated alkanes) is 1. The number of ether oxygens (including phenoxy) is 1. The van der Waals surface area contributed by atoms with Gasteiger partial charge in [-0.15, -0.1) is 0 Å². The van der Waals surface area contributed by atoms with Gasteiger partial charge in [0.05, 0.1) is 6.61 Å². The Bertz CT molecular complexity index is 1280. The Morgan fingerprint density at radius 2 is 1.58 bits per heavy atom. The molecule has 0 radical (unpaired) electrons. The molecular formula is C28H24F4O. The smallest absolute Gasteiger partial charge is 0.159 e. The molecule has 0 aromatic heterocycles. The van der Waals surface area contributed by atoms with Crippen molar-refractivity contribution in [3.8, 4) is 16.9 Å². The number of benzene rings is 4. The SMILES string of the molecule is CCCCOc1ccc(-c2ccc3c(F)c(CCc4ccc(F)c(F)c4)ccc3c2)c(F)c1. The van der Waals surface area contributed by atoms with Crippen molar-refractivity contribution in [3.63, 3.8) is 0 Å². The zero-order chi connectivity index (χ0) is 23.4. The summed E-state index contributed by atoms with van der Waals surface area (Å²) in [6.07, 6.45) is 2.64. The average molecular weight is 452 g/mol. The van der Waals surface area contributed by atoms with Crippen LogP contribution in [0.15, 0.2) is 66.7 Å². The van der Waals surface area contributed by atoms with Crippen LogP contribution in [0.25, 0.3) is 21.9 Å². The van der Waals surface area contributed by atoms with Crippen LogP contribution in [-0.4, -0.2) is 6.61 Å². The summed E-state index contributed by atoms with van der Waals surface area (Å²) >= 11 is 0. The van der Waals surface area contributed by atoms with Crippen LogP contribution >= 0.6 is 0 Å². The van der Waals surface area contributed by atoms with Crippen LogP contribution in [0, 0.1) is 23.3 Å². The molecule has 0 amide bonds. The van der Waals surface area contributed by atoms with Crippen LogP contribution in [0.2, 0.25) is 0 Å². The lowest BCUT2D eigenvalue weighted by Gasteiger charge is -2.11. The Balaban J connectivity index is 1.54. The molecule has 0 fully saturated rings. The van der Waals surface area contributed by atoms with Gasteiger partial charge in [-0.3, -0.25) is 0 Å². The van der Waals surface area contributed by atoms with E-state index in [0.29, 0.717) is 58.2 Å². The van der Waals surface area contributed by atoms with E-state index in [4.69, 9.17) is 4.74 Å².